The van der Waals surface area contributed by atoms with Crippen molar-refractivity contribution >= 4 is 15.9 Å². The van der Waals surface area contributed by atoms with E-state index in [0.717, 1.165) is 0 Å². The molecule has 17 heavy (non-hydrogen) atoms. The minimum absolute atomic E-state index is 0.312. The van der Waals surface area contributed by atoms with Gasteiger partial charge in [-0.15, -0.1) is 0 Å². The van der Waals surface area contributed by atoms with Gasteiger partial charge in [0.05, 0.1) is 5.56 Å². The van der Waals surface area contributed by atoms with Gasteiger partial charge in [0, 0.05) is 5.33 Å². The quantitative estimate of drug-likeness (QED) is 0.603. The summed E-state index contributed by atoms with van der Waals surface area (Å²) in [5, 5.41) is 8.80. The molecule has 0 unspecified atom stereocenters. The Labute approximate surface area is 100 Å². The molecule has 0 aliphatic heterocycles. The topological polar surface area (TPSA) is 20.2 Å². The van der Waals surface area contributed by atoms with Gasteiger partial charge in [-0.25, -0.2) is 0 Å². The van der Waals surface area contributed by atoms with Crippen molar-refractivity contribution < 1.29 is 31.4 Å². The first-order chi connectivity index (χ1) is 7.59. The van der Waals surface area contributed by atoms with Crippen molar-refractivity contribution in [1.82, 2.24) is 0 Å². The molecule has 0 spiro atoms. The lowest BCUT2D eigenvalue weighted by molar-refractivity contribution is -0.145. The van der Waals surface area contributed by atoms with Crippen LogP contribution < -0.4 is 0 Å². The molecule has 0 aromatic heterocycles. The minimum atomic E-state index is -5.05. The molecule has 8 heteroatoms. The minimum Gasteiger partial charge on any atom is -0.507 e. The zero-order valence-corrected chi connectivity index (χ0v) is 9.54. The van der Waals surface area contributed by atoms with Crippen molar-refractivity contribution in [3.05, 3.63) is 28.8 Å². The zero-order chi connectivity index (χ0) is 13.4. The Morgan fingerprint density at radius 2 is 1.53 bits per heavy atom. The number of hydrogen-bond donors (Lipinski definition) is 1. The number of alkyl halides is 7. The molecule has 1 aromatic rings. The molecule has 1 N–H and O–H groups in total. The van der Waals surface area contributed by atoms with Crippen LogP contribution in [0, 0.1) is 0 Å². The monoisotopic (exact) mass is 322 g/mol. The summed E-state index contributed by atoms with van der Waals surface area (Å²) in [5.74, 6) is -1.79. The van der Waals surface area contributed by atoms with Crippen LogP contribution in [-0.4, -0.2) is 5.11 Å². The van der Waals surface area contributed by atoms with Crippen molar-refractivity contribution in [2.24, 2.45) is 0 Å². The van der Waals surface area contributed by atoms with Gasteiger partial charge in [-0.1, -0.05) is 22.0 Å². The van der Waals surface area contributed by atoms with Crippen LogP contribution in [0.15, 0.2) is 12.1 Å². The van der Waals surface area contributed by atoms with Gasteiger partial charge >= 0.3 is 12.4 Å². The standard InChI is InChI=1S/C9H5BrF6O/c10-3-4-1-2-5(8(11,12)13)7(17)6(4)9(14,15)16/h1-2,17H,3H2. The van der Waals surface area contributed by atoms with E-state index in [1.54, 1.807) is 0 Å². The first-order valence-corrected chi connectivity index (χ1v) is 5.26. The molecule has 0 saturated heterocycles. The van der Waals surface area contributed by atoms with E-state index in [-0.39, 0.29) is 5.33 Å². The lowest BCUT2D eigenvalue weighted by Crippen LogP contribution is -2.13. The van der Waals surface area contributed by atoms with Gasteiger partial charge in [0.2, 0.25) is 0 Å². The second-order valence-corrected chi connectivity index (χ2v) is 3.69. The van der Waals surface area contributed by atoms with Gasteiger partial charge in [0.15, 0.2) is 0 Å². The summed E-state index contributed by atoms with van der Waals surface area (Å²) >= 11 is 2.72. The van der Waals surface area contributed by atoms with Gasteiger partial charge < -0.3 is 5.11 Å². The second kappa shape index (κ2) is 4.40. The molecule has 96 valence electrons. The van der Waals surface area contributed by atoms with Crippen LogP contribution >= 0.6 is 15.9 Å². The van der Waals surface area contributed by atoms with Gasteiger partial charge in [0.25, 0.3) is 0 Å². The average molecular weight is 323 g/mol. The first-order valence-electron chi connectivity index (χ1n) is 4.14. The fourth-order valence-electron chi connectivity index (χ4n) is 1.29. The average Bonchev–Trinajstić information content (AvgIpc) is 2.12. The van der Waals surface area contributed by atoms with Crippen molar-refractivity contribution in [2.75, 3.05) is 0 Å². The van der Waals surface area contributed by atoms with E-state index < -0.39 is 34.8 Å². The maximum absolute atomic E-state index is 12.5. The second-order valence-electron chi connectivity index (χ2n) is 3.13. The summed E-state index contributed by atoms with van der Waals surface area (Å²) in [6.07, 6.45) is -10.1. The lowest BCUT2D eigenvalue weighted by atomic mass is 10.0. The smallest absolute Gasteiger partial charge is 0.420 e. The number of hydrogen-bond acceptors (Lipinski definition) is 1. The molecular formula is C9H5BrF6O. The first kappa shape index (κ1) is 14.1. The molecule has 0 atom stereocenters. The van der Waals surface area contributed by atoms with Crippen LogP contribution in [0.1, 0.15) is 16.7 Å². The van der Waals surface area contributed by atoms with E-state index in [4.69, 9.17) is 5.11 Å². The summed E-state index contributed by atoms with van der Waals surface area (Å²) in [7, 11) is 0. The molecule has 1 aromatic carbocycles. The third kappa shape index (κ3) is 2.85. The van der Waals surface area contributed by atoms with Gasteiger partial charge in [-0.3, -0.25) is 0 Å². The molecule has 1 nitrogen and oxygen atoms in total. The molecule has 1 rings (SSSR count). The third-order valence-electron chi connectivity index (χ3n) is 2.00. The Hall–Kier alpha value is -0.920. The number of phenolic OH excluding ortho intramolecular Hbond substituents is 1. The molecule has 0 aliphatic carbocycles. The highest BCUT2D eigenvalue weighted by Crippen LogP contribution is 2.45. The van der Waals surface area contributed by atoms with Crippen LogP contribution in [0.25, 0.3) is 0 Å². The van der Waals surface area contributed by atoms with Crippen LogP contribution in [-0.2, 0) is 17.7 Å². The Kier molecular flexibility index (Phi) is 3.66. The van der Waals surface area contributed by atoms with Crippen LogP contribution in [0.2, 0.25) is 0 Å². The Morgan fingerprint density at radius 1 is 1.00 bits per heavy atom. The van der Waals surface area contributed by atoms with E-state index in [1.165, 1.54) is 0 Å². The molecule has 0 aliphatic rings. The van der Waals surface area contributed by atoms with Crippen molar-refractivity contribution in [3.63, 3.8) is 0 Å². The van der Waals surface area contributed by atoms with Gasteiger partial charge in [-0.2, -0.15) is 26.3 Å². The fourth-order valence-corrected chi connectivity index (χ4v) is 1.76. The third-order valence-corrected chi connectivity index (χ3v) is 2.60. The normalized spacial score (nSPS) is 12.9. The van der Waals surface area contributed by atoms with E-state index in [2.05, 4.69) is 15.9 Å². The van der Waals surface area contributed by atoms with Crippen LogP contribution in [0.5, 0.6) is 5.75 Å². The number of halogens is 7. The Balaban J connectivity index is 3.55. The summed E-state index contributed by atoms with van der Waals surface area (Å²) in [6, 6.07) is 1.10. The zero-order valence-electron chi connectivity index (χ0n) is 7.95. The van der Waals surface area contributed by atoms with Crippen LogP contribution in [0.3, 0.4) is 0 Å². The summed E-state index contributed by atoms with van der Waals surface area (Å²) in [6.45, 7) is 0. The molecule has 0 radical (unpaired) electrons. The molecule has 0 saturated carbocycles. The van der Waals surface area contributed by atoms with E-state index >= 15 is 0 Å². The fraction of sp³-hybridized carbons (Fsp3) is 0.333. The predicted octanol–water partition coefficient (Wildman–Crippen LogP) is 4.32. The highest BCUT2D eigenvalue weighted by atomic mass is 79.9. The summed E-state index contributed by atoms with van der Waals surface area (Å²) in [4.78, 5) is 0. The maximum atomic E-state index is 12.5. The lowest BCUT2D eigenvalue weighted by Gasteiger charge is -2.17. The molecule has 0 heterocycles. The Bertz CT molecular complexity index is 423. The van der Waals surface area contributed by atoms with Crippen LogP contribution in [0.4, 0.5) is 26.3 Å². The summed E-state index contributed by atoms with van der Waals surface area (Å²) in [5.41, 5.74) is -3.82. The summed E-state index contributed by atoms with van der Waals surface area (Å²) < 4.78 is 74.5. The molecule has 0 fully saturated rings. The van der Waals surface area contributed by atoms with E-state index in [9.17, 15) is 26.3 Å². The van der Waals surface area contributed by atoms with Gasteiger partial charge in [-0.05, 0) is 11.6 Å². The Morgan fingerprint density at radius 3 is 1.88 bits per heavy atom. The largest absolute Gasteiger partial charge is 0.507 e. The van der Waals surface area contributed by atoms with E-state index in [1.807, 2.05) is 0 Å². The number of aromatic hydroxyl groups is 1. The van der Waals surface area contributed by atoms with Crippen molar-refractivity contribution in [3.8, 4) is 5.75 Å². The number of benzene rings is 1. The number of rotatable bonds is 1. The highest BCUT2D eigenvalue weighted by molar-refractivity contribution is 9.08. The van der Waals surface area contributed by atoms with Crippen molar-refractivity contribution in [2.45, 2.75) is 17.7 Å². The SMILES string of the molecule is Oc1c(C(F)(F)F)ccc(CBr)c1C(F)(F)F. The molecular weight excluding hydrogens is 318 g/mol. The molecule has 0 amide bonds. The molecule has 0 bridgehead atoms. The number of phenols is 1. The maximum Gasteiger partial charge on any atom is 0.420 e. The van der Waals surface area contributed by atoms with E-state index in [0.29, 0.717) is 12.1 Å². The van der Waals surface area contributed by atoms with Crippen molar-refractivity contribution in [1.29, 1.82) is 0 Å². The highest BCUT2D eigenvalue weighted by Gasteiger charge is 2.42. The van der Waals surface area contributed by atoms with Gasteiger partial charge in [0.1, 0.15) is 11.3 Å². The predicted molar refractivity (Wildman–Crippen MR) is 50.7 cm³/mol.